The molecule has 1 saturated heterocycles. The second kappa shape index (κ2) is 9.46. The summed E-state index contributed by atoms with van der Waals surface area (Å²) in [5.74, 6) is -0.167. The van der Waals surface area contributed by atoms with E-state index in [-0.39, 0.29) is 23.6 Å². The monoisotopic (exact) mass is 424 g/mol. The van der Waals surface area contributed by atoms with Crippen LogP contribution in [0.5, 0.6) is 0 Å². The number of ether oxygens (including phenoxy) is 1. The summed E-state index contributed by atoms with van der Waals surface area (Å²) < 4.78 is 30.5. The van der Waals surface area contributed by atoms with E-state index < -0.39 is 10.0 Å². The van der Waals surface area contributed by atoms with Gasteiger partial charge in [0.1, 0.15) is 0 Å². The summed E-state index contributed by atoms with van der Waals surface area (Å²) in [5, 5.41) is 4.81. The number of morpholine rings is 1. The molecule has 1 unspecified atom stereocenters. The third-order valence-corrected chi connectivity index (χ3v) is 5.66. The highest BCUT2D eigenvalue weighted by molar-refractivity contribution is 7.92. The van der Waals surface area contributed by atoms with Crippen molar-refractivity contribution in [3.63, 3.8) is 0 Å². The zero-order valence-corrected chi connectivity index (χ0v) is 17.3. The summed E-state index contributed by atoms with van der Waals surface area (Å²) in [6.45, 7) is 3.56. The van der Waals surface area contributed by atoms with Gasteiger partial charge in [0.05, 0.1) is 31.1 Å². The molecule has 2 heterocycles. The Bertz CT molecular complexity index is 886. The second-order valence-corrected chi connectivity index (χ2v) is 9.32. The first kappa shape index (κ1) is 20.7. The zero-order valence-electron chi connectivity index (χ0n) is 15.6. The summed E-state index contributed by atoms with van der Waals surface area (Å²) in [5.41, 5.74) is 1.79. The molecule has 1 atom stereocenters. The van der Waals surface area contributed by atoms with Crippen molar-refractivity contribution >= 4 is 32.4 Å². The number of benzene rings is 1. The van der Waals surface area contributed by atoms with Crippen molar-refractivity contribution in [1.82, 2.24) is 15.2 Å². The number of amides is 1. The highest BCUT2D eigenvalue weighted by Crippen LogP contribution is 2.17. The van der Waals surface area contributed by atoms with Crippen LogP contribution in [0, 0.1) is 0 Å². The average molecular weight is 425 g/mol. The van der Waals surface area contributed by atoms with E-state index in [0.717, 1.165) is 37.2 Å². The Balaban J connectivity index is 1.42. The summed E-state index contributed by atoms with van der Waals surface area (Å²) in [6.07, 6.45) is 1.10. The van der Waals surface area contributed by atoms with E-state index in [9.17, 15) is 13.2 Å². The predicted octanol–water partition coefficient (Wildman–Crippen LogP) is 1.07. The minimum absolute atomic E-state index is 0.0562. The fraction of sp³-hybridized carbons (Fsp3) is 0.444. The van der Waals surface area contributed by atoms with Crippen molar-refractivity contribution in [1.29, 1.82) is 0 Å². The molecule has 1 amide bonds. The largest absolute Gasteiger partial charge is 0.374 e. The molecule has 0 bridgehead atoms. The molecule has 3 rings (SSSR count). The highest BCUT2D eigenvalue weighted by atomic mass is 32.2. The number of sulfonamides is 1. The summed E-state index contributed by atoms with van der Waals surface area (Å²) >= 11 is 1.15. The quantitative estimate of drug-likeness (QED) is 0.658. The first-order valence-corrected chi connectivity index (χ1v) is 11.7. The number of nitrogens with zero attached hydrogens (tertiary/aromatic N) is 2. The van der Waals surface area contributed by atoms with Gasteiger partial charge < -0.3 is 10.1 Å². The molecule has 0 radical (unpaired) electrons. The Morgan fingerprint density at radius 3 is 2.89 bits per heavy atom. The van der Waals surface area contributed by atoms with E-state index in [2.05, 4.69) is 32.1 Å². The number of hydrogen-bond acceptors (Lipinski definition) is 7. The molecule has 0 aliphatic carbocycles. The predicted molar refractivity (Wildman–Crippen MR) is 109 cm³/mol. The van der Waals surface area contributed by atoms with Crippen LogP contribution in [0.3, 0.4) is 0 Å². The minimum atomic E-state index is -3.37. The van der Waals surface area contributed by atoms with Gasteiger partial charge in [-0.15, -0.1) is 11.3 Å². The Hall–Kier alpha value is -2.01. The fourth-order valence-corrected chi connectivity index (χ4v) is 4.50. The minimum Gasteiger partial charge on any atom is -0.374 e. The van der Waals surface area contributed by atoms with Gasteiger partial charge in [-0.05, 0) is 5.56 Å². The highest BCUT2D eigenvalue weighted by Gasteiger charge is 2.21. The normalized spacial score (nSPS) is 18.0. The Labute approximate surface area is 169 Å². The lowest BCUT2D eigenvalue weighted by molar-refractivity contribution is -0.121. The zero-order chi connectivity index (χ0) is 20.0. The Morgan fingerprint density at radius 2 is 2.14 bits per heavy atom. The summed E-state index contributed by atoms with van der Waals surface area (Å²) in [7, 11) is -3.37. The topological polar surface area (TPSA) is 101 Å². The molecule has 0 spiro atoms. The van der Waals surface area contributed by atoms with Gasteiger partial charge in [-0.25, -0.2) is 13.4 Å². The van der Waals surface area contributed by atoms with Gasteiger partial charge in [-0.2, -0.15) is 0 Å². The molecular formula is C18H24N4O4S2. The van der Waals surface area contributed by atoms with E-state index in [1.54, 1.807) is 5.38 Å². The van der Waals surface area contributed by atoms with Crippen molar-refractivity contribution in [2.45, 2.75) is 19.1 Å². The smallest absolute Gasteiger partial charge is 0.231 e. The van der Waals surface area contributed by atoms with Crippen molar-refractivity contribution in [3.05, 3.63) is 47.0 Å². The first-order valence-electron chi connectivity index (χ1n) is 8.94. The van der Waals surface area contributed by atoms with Gasteiger partial charge in [0.15, 0.2) is 5.13 Å². The van der Waals surface area contributed by atoms with Crippen LogP contribution in [0.4, 0.5) is 5.13 Å². The van der Waals surface area contributed by atoms with Gasteiger partial charge in [0.2, 0.25) is 15.9 Å². The molecule has 28 heavy (non-hydrogen) atoms. The van der Waals surface area contributed by atoms with E-state index >= 15 is 0 Å². The maximum Gasteiger partial charge on any atom is 0.231 e. The third kappa shape index (κ3) is 6.86. The van der Waals surface area contributed by atoms with Crippen LogP contribution in [0.1, 0.15) is 11.3 Å². The molecule has 8 nitrogen and oxygen atoms in total. The molecular weight excluding hydrogens is 400 g/mol. The maximum atomic E-state index is 12.2. The van der Waals surface area contributed by atoms with Gasteiger partial charge in [0, 0.05) is 31.6 Å². The first-order chi connectivity index (χ1) is 13.4. The maximum absolute atomic E-state index is 12.2. The standard InChI is InChI=1S/C18H24N4O4S2/c1-28(24,25)21-18-20-15(13-27-18)9-17(23)19-10-16-12-22(7-8-26-16)11-14-5-3-2-4-6-14/h2-6,13,16H,7-12H2,1H3,(H,19,23)(H,20,21). The van der Waals surface area contributed by atoms with Crippen molar-refractivity contribution < 1.29 is 17.9 Å². The number of carbonyl (C=O) groups excluding carboxylic acids is 1. The van der Waals surface area contributed by atoms with Gasteiger partial charge in [-0.1, -0.05) is 30.3 Å². The van der Waals surface area contributed by atoms with E-state index in [4.69, 9.17) is 4.74 Å². The SMILES string of the molecule is CS(=O)(=O)Nc1nc(CC(=O)NCC2CN(Cc3ccccc3)CCO2)cs1. The lowest BCUT2D eigenvalue weighted by Gasteiger charge is -2.33. The number of rotatable bonds is 8. The van der Waals surface area contributed by atoms with E-state index in [1.165, 1.54) is 5.56 Å². The number of anilines is 1. The lowest BCUT2D eigenvalue weighted by atomic mass is 10.2. The Morgan fingerprint density at radius 1 is 1.36 bits per heavy atom. The fourth-order valence-electron chi connectivity index (χ4n) is 2.94. The molecule has 2 aromatic rings. The van der Waals surface area contributed by atoms with Crippen LogP contribution in [-0.2, 0) is 32.5 Å². The average Bonchev–Trinajstić information content (AvgIpc) is 3.06. The van der Waals surface area contributed by atoms with Gasteiger partial charge in [-0.3, -0.25) is 14.4 Å². The third-order valence-electron chi connectivity index (χ3n) is 4.16. The number of thiazole rings is 1. The van der Waals surface area contributed by atoms with Crippen LogP contribution >= 0.6 is 11.3 Å². The van der Waals surface area contributed by atoms with Crippen LogP contribution < -0.4 is 10.0 Å². The number of nitrogens with one attached hydrogen (secondary N) is 2. The number of hydrogen-bond donors (Lipinski definition) is 2. The lowest BCUT2D eigenvalue weighted by Crippen LogP contribution is -2.47. The molecule has 2 N–H and O–H groups in total. The van der Waals surface area contributed by atoms with Crippen LogP contribution in [0.2, 0.25) is 0 Å². The van der Waals surface area contributed by atoms with Gasteiger partial charge >= 0.3 is 0 Å². The molecule has 1 aromatic carbocycles. The molecule has 10 heteroatoms. The van der Waals surface area contributed by atoms with Crippen LogP contribution in [0.15, 0.2) is 35.7 Å². The van der Waals surface area contributed by atoms with Crippen LogP contribution in [-0.4, -0.2) is 62.8 Å². The molecule has 152 valence electrons. The van der Waals surface area contributed by atoms with Crippen molar-refractivity contribution in [2.24, 2.45) is 0 Å². The second-order valence-electron chi connectivity index (χ2n) is 6.71. The molecule has 1 aliphatic heterocycles. The van der Waals surface area contributed by atoms with Crippen LogP contribution in [0.25, 0.3) is 0 Å². The van der Waals surface area contributed by atoms with Gasteiger partial charge in [0.25, 0.3) is 0 Å². The summed E-state index contributed by atoms with van der Waals surface area (Å²) in [4.78, 5) is 18.6. The van der Waals surface area contributed by atoms with E-state index in [0.29, 0.717) is 18.8 Å². The molecule has 0 saturated carbocycles. The Kier molecular flexibility index (Phi) is 7.00. The number of aromatic nitrogens is 1. The van der Waals surface area contributed by atoms with Crippen molar-refractivity contribution in [3.8, 4) is 0 Å². The van der Waals surface area contributed by atoms with Crippen molar-refractivity contribution in [2.75, 3.05) is 37.2 Å². The number of carbonyl (C=O) groups is 1. The molecule has 1 aromatic heterocycles. The molecule has 1 aliphatic rings. The summed E-state index contributed by atoms with van der Waals surface area (Å²) in [6, 6.07) is 10.3. The van der Waals surface area contributed by atoms with E-state index in [1.807, 2.05) is 18.2 Å². The molecule has 1 fully saturated rings.